The zero-order valence-corrected chi connectivity index (χ0v) is 23.1. The molecule has 4 aromatic rings. The van der Waals surface area contributed by atoms with Crippen molar-refractivity contribution in [2.75, 3.05) is 13.7 Å². The number of esters is 1. The number of hydrogen-bond donors (Lipinski definition) is 0. The molecule has 4 rings (SSSR count). The standard InChI is InChI=1S/C28H23BrF3N3O5/c1-4-39-23-13-17(12-21(29)24(23)40-16(2)27(37)38-3)15-33-35-25(18-8-7-9-19(14-18)28(30,31)32)34-22-11-6-5-10-20(22)26(35)36/h5-16H,4H2,1-3H3/t16-/m1/s1. The van der Waals surface area contributed by atoms with Crippen LogP contribution in [-0.4, -0.2) is 41.7 Å². The number of nitrogens with zero attached hydrogens (tertiary/aromatic N) is 3. The lowest BCUT2D eigenvalue weighted by Gasteiger charge is -2.18. The van der Waals surface area contributed by atoms with Crippen molar-refractivity contribution in [1.29, 1.82) is 0 Å². The van der Waals surface area contributed by atoms with Gasteiger partial charge in [0.1, 0.15) is 0 Å². The first kappa shape index (κ1) is 28.8. The molecule has 1 heterocycles. The molecule has 0 aliphatic carbocycles. The second-order valence-corrected chi connectivity index (χ2v) is 9.29. The molecule has 0 amide bonds. The van der Waals surface area contributed by atoms with E-state index in [1.54, 1.807) is 43.3 Å². The average molecular weight is 618 g/mol. The van der Waals surface area contributed by atoms with Crippen LogP contribution in [0.15, 0.2) is 75.0 Å². The molecule has 0 aliphatic rings. The zero-order chi connectivity index (χ0) is 29.0. The highest BCUT2D eigenvalue weighted by Gasteiger charge is 2.31. The van der Waals surface area contributed by atoms with E-state index in [9.17, 15) is 22.8 Å². The molecule has 0 unspecified atom stereocenters. The Kier molecular flexibility index (Phi) is 8.58. The predicted molar refractivity (Wildman–Crippen MR) is 147 cm³/mol. The molecule has 0 spiro atoms. The van der Waals surface area contributed by atoms with Gasteiger partial charge in [0, 0.05) is 5.56 Å². The van der Waals surface area contributed by atoms with Gasteiger partial charge < -0.3 is 14.2 Å². The summed E-state index contributed by atoms with van der Waals surface area (Å²) in [7, 11) is 1.25. The number of carbonyl (C=O) groups is 1. The van der Waals surface area contributed by atoms with Crippen molar-refractivity contribution in [3.8, 4) is 22.9 Å². The van der Waals surface area contributed by atoms with E-state index < -0.39 is 29.4 Å². The van der Waals surface area contributed by atoms with E-state index in [-0.39, 0.29) is 34.9 Å². The maximum absolute atomic E-state index is 13.4. The van der Waals surface area contributed by atoms with E-state index >= 15 is 0 Å². The first-order chi connectivity index (χ1) is 19.0. The smallest absolute Gasteiger partial charge is 0.416 e. The lowest BCUT2D eigenvalue weighted by Crippen LogP contribution is -2.25. The highest BCUT2D eigenvalue weighted by molar-refractivity contribution is 9.10. The van der Waals surface area contributed by atoms with Crippen LogP contribution in [0.3, 0.4) is 0 Å². The van der Waals surface area contributed by atoms with Gasteiger partial charge in [-0.1, -0.05) is 24.3 Å². The monoisotopic (exact) mass is 617 g/mol. The van der Waals surface area contributed by atoms with Crippen LogP contribution in [0.25, 0.3) is 22.3 Å². The first-order valence-corrected chi connectivity index (χ1v) is 12.8. The Morgan fingerprint density at radius 1 is 1.15 bits per heavy atom. The molecular weight excluding hydrogens is 595 g/mol. The van der Waals surface area contributed by atoms with Gasteiger partial charge in [-0.15, -0.1) is 0 Å². The third kappa shape index (κ3) is 6.17. The Balaban J connectivity index is 1.84. The third-order valence-corrected chi connectivity index (χ3v) is 6.27. The van der Waals surface area contributed by atoms with Gasteiger partial charge in [0.25, 0.3) is 5.56 Å². The van der Waals surface area contributed by atoms with E-state index in [1.165, 1.54) is 32.4 Å². The van der Waals surface area contributed by atoms with Gasteiger partial charge in [-0.05, 0) is 71.7 Å². The Morgan fingerprint density at radius 3 is 2.60 bits per heavy atom. The van der Waals surface area contributed by atoms with Crippen LogP contribution in [0.5, 0.6) is 11.5 Å². The van der Waals surface area contributed by atoms with Crippen LogP contribution in [0.4, 0.5) is 13.2 Å². The van der Waals surface area contributed by atoms with Crippen molar-refractivity contribution in [2.24, 2.45) is 5.10 Å². The number of hydrogen-bond acceptors (Lipinski definition) is 7. The largest absolute Gasteiger partial charge is 0.490 e. The highest BCUT2D eigenvalue weighted by atomic mass is 79.9. The van der Waals surface area contributed by atoms with Crippen molar-refractivity contribution < 1.29 is 32.2 Å². The maximum Gasteiger partial charge on any atom is 0.416 e. The van der Waals surface area contributed by atoms with Gasteiger partial charge in [-0.3, -0.25) is 4.79 Å². The van der Waals surface area contributed by atoms with E-state index in [0.717, 1.165) is 16.8 Å². The molecular formula is C28H23BrF3N3O5. The Bertz CT molecular complexity index is 1650. The molecule has 8 nitrogen and oxygen atoms in total. The number of benzene rings is 3. The van der Waals surface area contributed by atoms with Crippen molar-refractivity contribution in [3.05, 3.63) is 86.6 Å². The molecule has 208 valence electrons. The molecule has 0 fully saturated rings. The van der Waals surface area contributed by atoms with Gasteiger partial charge in [0.2, 0.25) is 0 Å². The summed E-state index contributed by atoms with van der Waals surface area (Å²) in [6.07, 6.45) is -4.16. The van der Waals surface area contributed by atoms with Crippen LogP contribution < -0.4 is 15.0 Å². The molecule has 0 saturated heterocycles. The van der Waals surface area contributed by atoms with Crippen molar-refractivity contribution in [3.63, 3.8) is 0 Å². The molecule has 1 atom stereocenters. The fourth-order valence-electron chi connectivity index (χ4n) is 3.81. The number of rotatable bonds is 8. The second kappa shape index (κ2) is 11.9. The van der Waals surface area contributed by atoms with Gasteiger partial charge in [0.05, 0.1) is 40.9 Å². The van der Waals surface area contributed by atoms with Gasteiger partial charge in [0.15, 0.2) is 23.4 Å². The topological polar surface area (TPSA) is 92.0 Å². The third-order valence-electron chi connectivity index (χ3n) is 5.68. The number of para-hydroxylation sites is 1. The van der Waals surface area contributed by atoms with E-state index in [0.29, 0.717) is 15.6 Å². The van der Waals surface area contributed by atoms with E-state index in [4.69, 9.17) is 14.2 Å². The fraction of sp³-hybridized carbons (Fsp3) is 0.214. The molecule has 40 heavy (non-hydrogen) atoms. The maximum atomic E-state index is 13.4. The molecule has 0 N–H and O–H groups in total. The molecule has 0 saturated carbocycles. The number of halogens is 4. The molecule has 0 bridgehead atoms. The fourth-order valence-corrected chi connectivity index (χ4v) is 4.36. The zero-order valence-electron chi connectivity index (χ0n) is 21.5. The van der Waals surface area contributed by atoms with Crippen LogP contribution in [0, 0.1) is 0 Å². The highest BCUT2D eigenvalue weighted by Crippen LogP contribution is 2.37. The minimum absolute atomic E-state index is 0.0616. The predicted octanol–water partition coefficient (Wildman–Crippen LogP) is 6.07. The van der Waals surface area contributed by atoms with Crippen LogP contribution in [0.2, 0.25) is 0 Å². The second-order valence-electron chi connectivity index (χ2n) is 8.44. The lowest BCUT2D eigenvalue weighted by atomic mass is 10.1. The van der Waals surface area contributed by atoms with Crippen molar-refractivity contribution in [2.45, 2.75) is 26.1 Å². The number of carbonyl (C=O) groups excluding carboxylic acids is 1. The summed E-state index contributed by atoms with van der Waals surface area (Å²) in [6.45, 7) is 3.57. The summed E-state index contributed by atoms with van der Waals surface area (Å²) in [5.74, 6) is -0.102. The SMILES string of the molecule is CCOc1cc(C=Nn2c(-c3cccc(C(F)(F)F)c3)nc3ccccc3c2=O)cc(Br)c1O[C@H](C)C(=O)OC. The number of fused-ring (bicyclic) bond motifs is 1. The van der Waals surface area contributed by atoms with Gasteiger partial charge >= 0.3 is 12.1 Å². The summed E-state index contributed by atoms with van der Waals surface area (Å²) >= 11 is 3.41. The van der Waals surface area contributed by atoms with Crippen LogP contribution in [0.1, 0.15) is 25.0 Å². The number of aromatic nitrogens is 2. The molecule has 12 heteroatoms. The molecule has 1 aromatic heterocycles. The average Bonchev–Trinajstić information content (AvgIpc) is 2.93. The molecule has 0 aliphatic heterocycles. The first-order valence-electron chi connectivity index (χ1n) is 12.0. The molecule has 0 radical (unpaired) electrons. The normalized spacial score (nSPS) is 12.5. The van der Waals surface area contributed by atoms with Gasteiger partial charge in [-0.25, -0.2) is 9.78 Å². The Hall–Kier alpha value is -4.19. The Labute approximate surface area is 235 Å². The quantitative estimate of drug-likeness (QED) is 0.176. The summed E-state index contributed by atoms with van der Waals surface area (Å²) in [5, 5.41) is 4.56. The Morgan fingerprint density at radius 2 is 1.90 bits per heavy atom. The number of ether oxygens (including phenoxy) is 3. The van der Waals surface area contributed by atoms with Gasteiger partial charge in [-0.2, -0.15) is 22.9 Å². The number of methoxy groups -OCH3 is 1. The van der Waals surface area contributed by atoms with E-state index in [1.807, 2.05) is 0 Å². The number of alkyl halides is 3. The van der Waals surface area contributed by atoms with Crippen LogP contribution >= 0.6 is 15.9 Å². The lowest BCUT2D eigenvalue weighted by molar-refractivity contribution is -0.148. The van der Waals surface area contributed by atoms with E-state index in [2.05, 4.69) is 26.0 Å². The van der Waals surface area contributed by atoms with Crippen molar-refractivity contribution >= 4 is 39.0 Å². The van der Waals surface area contributed by atoms with Crippen LogP contribution in [-0.2, 0) is 15.7 Å². The molecule has 3 aromatic carbocycles. The summed E-state index contributed by atoms with van der Waals surface area (Å²) in [5.41, 5.74) is -0.612. The summed E-state index contributed by atoms with van der Waals surface area (Å²) in [6, 6.07) is 14.2. The van der Waals surface area contributed by atoms with Crippen molar-refractivity contribution in [1.82, 2.24) is 9.66 Å². The minimum Gasteiger partial charge on any atom is -0.490 e. The summed E-state index contributed by atoms with van der Waals surface area (Å²) < 4.78 is 57.8. The minimum atomic E-state index is -4.58. The summed E-state index contributed by atoms with van der Waals surface area (Å²) in [4.78, 5) is 29.7.